The lowest BCUT2D eigenvalue weighted by Crippen LogP contribution is -2.65. The van der Waals surface area contributed by atoms with E-state index in [9.17, 15) is 29.1 Å². The summed E-state index contributed by atoms with van der Waals surface area (Å²) in [5.74, 6) is -3.71. The van der Waals surface area contributed by atoms with Gasteiger partial charge in [-0.25, -0.2) is 0 Å². The van der Waals surface area contributed by atoms with E-state index in [1.165, 1.54) is 23.9 Å². The number of phenolic OH excluding ortho intramolecular Hbond substituents is 1. The van der Waals surface area contributed by atoms with Gasteiger partial charge in [0, 0.05) is 13.5 Å². The number of aliphatic carboxylic acids is 1. The number of thioether (sulfide) groups is 1. The molecule has 1 saturated heterocycles. The summed E-state index contributed by atoms with van der Waals surface area (Å²) in [6.07, 6.45) is 2.87. The van der Waals surface area contributed by atoms with E-state index >= 15 is 0 Å². The lowest BCUT2D eigenvalue weighted by atomic mass is 9.88. The van der Waals surface area contributed by atoms with Crippen LogP contribution in [-0.2, 0) is 41.6 Å². The molecule has 0 bridgehead atoms. The third-order valence-electron chi connectivity index (χ3n) is 7.53. The van der Waals surface area contributed by atoms with E-state index in [0.717, 1.165) is 23.0 Å². The zero-order valence-corrected chi connectivity index (χ0v) is 28.8. The molecule has 4 amide bonds. The molecule has 4 atom stereocenters. The average molecular weight is 727 g/mol. The van der Waals surface area contributed by atoms with Crippen LogP contribution in [0.3, 0.4) is 0 Å². The van der Waals surface area contributed by atoms with Crippen molar-refractivity contribution in [3.63, 3.8) is 0 Å². The van der Waals surface area contributed by atoms with Crippen molar-refractivity contribution in [2.75, 3.05) is 25.1 Å². The SMILES string of the molecule is CC(=O)O.CSCC[C@@H](NC(=O)[C@@H](N)Cc1ccc(O)cc1)C(=O)NCC(=O)[C@@]1(C(N)=O)CCCN1C(=O)[C@@H](N)Cc1ccccc1.O.O.O. The molecule has 17 nitrogen and oxygen atoms in total. The molecule has 1 heterocycles. The zero-order chi connectivity index (χ0) is 35.1. The number of likely N-dealkylation sites (tertiary alicyclic amines) is 1. The molecule has 0 aromatic heterocycles. The molecule has 1 aliphatic rings. The maximum absolute atomic E-state index is 13.5. The number of nitrogens with two attached hydrogens (primary N) is 3. The zero-order valence-electron chi connectivity index (χ0n) is 28.0. The molecule has 1 aliphatic heterocycles. The number of primary amides is 1. The fraction of sp³-hybridized carbons (Fsp3) is 0.438. The van der Waals surface area contributed by atoms with E-state index in [1.807, 2.05) is 36.6 Å². The Bertz CT molecular complexity index is 1400. The van der Waals surface area contributed by atoms with E-state index in [2.05, 4.69) is 10.6 Å². The Balaban J connectivity index is 0. The highest BCUT2D eigenvalue weighted by atomic mass is 32.2. The van der Waals surface area contributed by atoms with Gasteiger partial charge in [0.2, 0.25) is 17.7 Å². The largest absolute Gasteiger partial charge is 0.508 e. The maximum atomic E-state index is 13.5. The molecule has 2 aromatic rings. The van der Waals surface area contributed by atoms with E-state index in [0.29, 0.717) is 12.2 Å². The second-order valence-corrected chi connectivity index (χ2v) is 12.1. The summed E-state index contributed by atoms with van der Waals surface area (Å²) in [6.45, 7) is 0.625. The predicted molar refractivity (Wildman–Crippen MR) is 188 cm³/mol. The quantitative estimate of drug-likeness (QED) is 0.0920. The number of benzene rings is 2. The number of aromatic hydroxyl groups is 1. The van der Waals surface area contributed by atoms with Gasteiger partial charge in [-0.3, -0.25) is 28.8 Å². The summed E-state index contributed by atoms with van der Waals surface area (Å²) in [5, 5.41) is 22.0. The van der Waals surface area contributed by atoms with Gasteiger partial charge in [-0.2, -0.15) is 11.8 Å². The van der Waals surface area contributed by atoms with Gasteiger partial charge in [-0.15, -0.1) is 0 Å². The number of carboxylic acid groups (broad SMARTS) is 1. The van der Waals surface area contributed by atoms with Crippen molar-refractivity contribution in [1.82, 2.24) is 15.5 Å². The van der Waals surface area contributed by atoms with Crippen molar-refractivity contribution in [2.24, 2.45) is 17.2 Å². The van der Waals surface area contributed by atoms with Crippen LogP contribution in [0.1, 0.15) is 37.3 Å². The number of carbonyl (C=O) groups is 6. The van der Waals surface area contributed by atoms with Crippen molar-refractivity contribution in [2.45, 2.75) is 62.7 Å². The van der Waals surface area contributed by atoms with Gasteiger partial charge < -0.3 is 59.4 Å². The highest BCUT2D eigenvalue weighted by molar-refractivity contribution is 7.98. The van der Waals surface area contributed by atoms with Crippen LogP contribution >= 0.6 is 11.8 Å². The molecule has 50 heavy (non-hydrogen) atoms. The Morgan fingerprint density at radius 2 is 1.44 bits per heavy atom. The average Bonchev–Trinajstić information content (AvgIpc) is 3.49. The first kappa shape index (κ1) is 47.5. The van der Waals surface area contributed by atoms with Crippen LogP contribution in [0.15, 0.2) is 54.6 Å². The lowest BCUT2D eigenvalue weighted by Gasteiger charge is -2.36. The number of nitrogens with one attached hydrogen (secondary N) is 2. The molecule has 0 spiro atoms. The van der Waals surface area contributed by atoms with Gasteiger partial charge in [0.1, 0.15) is 11.8 Å². The lowest BCUT2D eigenvalue weighted by molar-refractivity contribution is -0.151. The van der Waals surface area contributed by atoms with Crippen LogP contribution in [-0.4, -0.2) is 116 Å². The Morgan fingerprint density at radius 3 is 1.98 bits per heavy atom. The first-order valence-corrected chi connectivity index (χ1v) is 16.4. The Kier molecular flexibility index (Phi) is 21.8. The van der Waals surface area contributed by atoms with Crippen molar-refractivity contribution < 1.29 is 55.4 Å². The standard InChI is InChI=1S/C30H40N6O6S.C2H4O2.3H2O/c1-43-15-12-24(35-26(39)22(31)16-20-8-10-21(37)11-9-20)27(40)34-18-25(38)30(29(33)42)13-5-14-36(30)28(41)23(32)17-19-6-3-2-4-7-19;1-2(3)4;;;/h2-4,6-11,22-24,37H,5,12-18,31-32H2,1H3,(H2,33,42)(H,34,40)(H,35,39);1H3,(H,3,4);3*1H2/t22-,23-,24+,30+;;;;/m0..../s1. The minimum atomic E-state index is -1.94. The van der Waals surface area contributed by atoms with E-state index in [-0.39, 0.29) is 54.4 Å². The molecule has 18 heteroatoms. The van der Waals surface area contributed by atoms with Gasteiger partial charge >= 0.3 is 0 Å². The number of ketones is 1. The fourth-order valence-corrected chi connectivity index (χ4v) is 5.63. The third-order valence-corrected chi connectivity index (χ3v) is 8.17. The number of carbonyl (C=O) groups excluding carboxylic acids is 5. The van der Waals surface area contributed by atoms with Crippen LogP contribution in [0.5, 0.6) is 5.75 Å². The number of hydrogen-bond donors (Lipinski definition) is 7. The highest BCUT2D eigenvalue weighted by Gasteiger charge is 2.54. The Hall–Kier alpha value is -4.59. The van der Waals surface area contributed by atoms with E-state index < -0.39 is 65.6 Å². The molecule has 280 valence electrons. The molecule has 0 aliphatic carbocycles. The van der Waals surface area contributed by atoms with Crippen LogP contribution in [0.4, 0.5) is 0 Å². The number of Topliss-reactive ketones (excluding diaryl/α,β-unsaturated/α-hetero) is 1. The molecule has 3 rings (SSSR count). The summed E-state index contributed by atoms with van der Waals surface area (Å²) in [4.78, 5) is 75.7. The van der Waals surface area contributed by atoms with Gasteiger partial charge in [0.25, 0.3) is 11.9 Å². The molecule has 0 radical (unpaired) electrons. The van der Waals surface area contributed by atoms with Crippen LogP contribution in [0.2, 0.25) is 0 Å². The van der Waals surface area contributed by atoms with Gasteiger partial charge in [0.05, 0.1) is 18.6 Å². The van der Waals surface area contributed by atoms with Crippen molar-refractivity contribution in [3.8, 4) is 5.75 Å². The second kappa shape index (κ2) is 22.9. The van der Waals surface area contributed by atoms with E-state index in [4.69, 9.17) is 27.1 Å². The normalized spacial score (nSPS) is 16.3. The minimum absolute atomic E-state index is 0. The molecule has 0 saturated carbocycles. The third kappa shape index (κ3) is 13.7. The van der Waals surface area contributed by atoms with E-state index in [1.54, 1.807) is 12.1 Å². The summed E-state index contributed by atoms with van der Waals surface area (Å²) in [5.41, 5.74) is 17.6. The van der Waals surface area contributed by atoms with Gasteiger partial charge in [0.15, 0.2) is 11.3 Å². The molecule has 2 aromatic carbocycles. The topological polar surface area (TPSA) is 343 Å². The van der Waals surface area contributed by atoms with Gasteiger partial charge in [-0.1, -0.05) is 42.5 Å². The molecule has 1 fully saturated rings. The molecular formula is C32H50N6O11S. The second-order valence-electron chi connectivity index (χ2n) is 11.1. The Morgan fingerprint density at radius 1 is 0.900 bits per heavy atom. The molecule has 16 N–H and O–H groups in total. The number of amides is 4. The number of nitrogens with zero attached hydrogens (tertiary/aromatic N) is 1. The number of carboxylic acids is 1. The fourth-order valence-electron chi connectivity index (χ4n) is 5.15. The molecule has 0 unspecified atom stereocenters. The summed E-state index contributed by atoms with van der Waals surface area (Å²) in [7, 11) is 0. The van der Waals surface area contributed by atoms with Crippen LogP contribution in [0.25, 0.3) is 0 Å². The maximum Gasteiger partial charge on any atom is 0.300 e. The van der Waals surface area contributed by atoms with Gasteiger partial charge in [-0.05, 0) is 67.4 Å². The Labute approximate surface area is 294 Å². The van der Waals surface area contributed by atoms with Crippen LogP contribution in [0, 0.1) is 0 Å². The van der Waals surface area contributed by atoms with Crippen molar-refractivity contribution >= 4 is 47.1 Å². The summed E-state index contributed by atoms with van der Waals surface area (Å²) in [6, 6.07) is 12.4. The first-order chi connectivity index (χ1) is 22.2. The number of rotatable bonds is 15. The number of phenols is 1. The summed E-state index contributed by atoms with van der Waals surface area (Å²) < 4.78 is 0. The summed E-state index contributed by atoms with van der Waals surface area (Å²) >= 11 is 1.47. The highest BCUT2D eigenvalue weighted by Crippen LogP contribution is 2.31. The first-order valence-electron chi connectivity index (χ1n) is 15.0. The molecular weight excluding hydrogens is 676 g/mol. The minimum Gasteiger partial charge on any atom is -0.508 e. The van der Waals surface area contributed by atoms with Crippen LogP contribution < -0.4 is 27.8 Å². The number of hydrogen-bond acceptors (Lipinski definition) is 10. The smallest absolute Gasteiger partial charge is 0.300 e. The monoisotopic (exact) mass is 726 g/mol. The van der Waals surface area contributed by atoms with Crippen molar-refractivity contribution in [3.05, 3.63) is 65.7 Å². The van der Waals surface area contributed by atoms with Crippen molar-refractivity contribution in [1.29, 1.82) is 0 Å². The predicted octanol–water partition coefficient (Wildman–Crippen LogP) is -2.78.